The van der Waals surface area contributed by atoms with Gasteiger partial charge in [0, 0.05) is 11.6 Å². The Labute approximate surface area is 197 Å². The minimum atomic E-state index is -0.447. The number of carbonyl (C=O) groups excluding carboxylic acids is 3. The summed E-state index contributed by atoms with van der Waals surface area (Å²) in [6.07, 6.45) is 5.29. The molecule has 172 valence electrons. The van der Waals surface area contributed by atoms with Crippen LogP contribution in [0, 0.1) is 5.92 Å². The van der Waals surface area contributed by atoms with Gasteiger partial charge in [-0.25, -0.2) is 4.90 Å². The smallest absolute Gasteiger partial charge is 0.266 e. The van der Waals surface area contributed by atoms with E-state index in [0.29, 0.717) is 28.4 Å². The molecule has 0 bridgehead atoms. The molecule has 0 saturated heterocycles. The van der Waals surface area contributed by atoms with E-state index in [1.54, 1.807) is 42.5 Å². The van der Waals surface area contributed by atoms with Crippen molar-refractivity contribution in [1.29, 1.82) is 0 Å². The zero-order valence-corrected chi connectivity index (χ0v) is 18.5. The van der Waals surface area contributed by atoms with Gasteiger partial charge < -0.3 is 15.2 Å². The third kappa shape index (κ3) is 4.24. The van der Waals surface area contributed by atoms with Gasteiger partial charge in [0.2, 0.25) is 5.91 Å². The van der Waals surface area contributed by atoms with Crippen LogP contribution in [0.15, 0.2) is 66.7 Å². The molecule has 0 atom stereocenters. The topological polar surface area (TPSA) is 95.9 Å². The average molecular weight is 456 g/mol. The minimum Gasteiger partial charge on any atom is -0.508 e. The normalized spacial score (nSPS) is 15.8. The molecule has 1 heterocycles. The standard InChI is InChI=1S/C27H24N2O5/c30-20-10-8-19(9-11-20)29-26(32)23-15-14-22(16-24(23)27(29)33)34-21-12-6-18(7-13-21)28-25(31)17-4-2-1-3-5-17/h6-17,30H,1-5H2,(H,28,31). The van der Waals surface area contributed by atoms with Gasteiger partial charge in [-0.3, -0.25) is 14.4 Å². The molecular formula is C27H24N2O5. The lowest BCUT2D eigenvalue weighted by Gasteiger charge is -2.20. The van der Waals surface area contributed by atoms with E-state index >= 15 is 0 Å². The Kier molecular flexibility index (Phi) is 5.76. The van der Waals surface area contributed by atoms with Gasteiger partial charge in [0.05, 0.1) is 16.8 Å². The molecule has 2 N–H and O–H groups in total. The third-order valence-electron chi connectivity index (χ3n) is 6.30. The summed E-state index contributed by atoms with van der Waals surface area (Å²) < 4.78 is 5.89. The summed E-state index contributed by atoms with van der Waals surface area (Å²) in [4.78, 5) is 39.2. The number of anilines is 2. The van der Waals surface area contributed by atoms with E-state index in [1.807, 2.05) is 0 Å². The molecule has 3 aromatic carbocycles. The summed E-state index contributed by atoms with van der Waals surface area (Å²) in [6, 6.07) is 17.7. The fourth-order valence-corrected chi connectivity index (χ4v) is 4.47. The summed E-state index contributed by atoms with van der Waals surface area (Å²) in [7, 11) is 0. The number of hydrogen-bond donors (Lipinski definition) is 2. The maximum absolute atomic E-state index is 12.9. The Morgan fingerprint density at radius 2 is 1.47 bits per heavy atom. The molecule has 2 aliphatic rings. The van der Waals surface area contributed by atoms with Gasteiger partial charge in [-0.1, -0.05) is 19.3 Å². The number of imide groups is 1. The monoisotopic (exact) mass is 456 g/mol. The van der Waals surface area contributed by atoms with Gasteiger partial charge >= 0.3 is 0 Å². The van der Waals surface area contributed by atoms with E-state index in [2.05, 4.69) is 5.32 Å². The zero-order valence-electron chi connectivity index (χ0n) is 18.5. The molecule has 1 aliphatic heterocycles. The predicted molar refractivity (Wildman–Crippen MR) is 127 cm³/mol. The van der Waals surface area contributed by atoms with Crippen LogP contribution in [-0.2, 0) is 4.79 Å². The van der Waals surface area contributed by atoms with Gasteiger partial charge in [0.1, 0.15) is 17.2 Å². The first-order chi connectivity index (χ1) is 16.5. The van der Waals surface area contributed by atoms with Gasteiger partial charge in [-0.2, -0.15) is 0 Å². The molecule has 34 heavy (non-hydrogen) atoms. The number of fused-ring (bicyclic) bond motifs is 1. The number of rotatable bonds is 5. The average Bonchev–Trinajstić information content (AvgIpc) is 3.11. The maximum Gasteiger partial charge on any atom is 0.266 e. The second-order valence-electron chi connectivity index (χ2n) is 8.62. The maximum atomic E-state index is 12.9. The number of nitrogens with one attached hydrogen (secondary N) is 1. The van der Waals surface area contributed by atoms with Gasteiger partial charge in [0.15, 0.2) is 0 Å². The molecule has 1 saturated carbocycles. The molecule has 1 aliphatic carbocycles. The van der Waals surface area contributed by atoms with Crippen LogP contribution in [0.5, 0.6) is 17.2 Å². The van der Waals surface area contributed by atoms with E-state index in [0.717, 1.165) is 30.6 Å². The van der Waals surface area contributed by atoms with Crippen molar-refractivity contribution in [3.05, 3.63) is 77.9 Å². The van der Waals surface area contributed by atoms with Crippen molar-refractivity contribution in [3.63, 3.8) is 0 Å². The molecule has 1 fully saturated rings. The first-order valence-corrected chi connectivity index (χ1v) is 11.4. The van der Waals surface area contributed by atoms with Crippen LogP contribution < -0.4 is 15.0 Å². The highest BCUT2D eigenvalue weighted by Crippen LogP contribution is 2.33. The Bertz CT molecular complexity index is 1250. The highest BCUT2D eigenvalue weighted by atomic mass is 16.5. The summed E-state index contributed by atoms with van der Waals surface area (Å²) >= 11 is 0. The molecule has 0 unspecified atom stereocenters. The van der Waals surface area contributed by atoms with Crippen molar-refractivity contribution in [2.75, 3.05) is 10.2 Å². The SMILES string of the molecule is O=C(Nc1ccc(Oc2ccc3c(c2)C(=O)N(c2ccc(O)cc2)C3=O)cc1)C1CCCCC1. The van der Waals surface area contributed by atoms with Crippen LogP contribution in [0.3, 0.4) is 0 Å². The highest BCUT2D eigenvalue weighted by Gasteiger charge is 2.37. The quantitative estimate of drug-likeness (QED) is 0.494. The summed E-state index contributed by atoms with van der Waals surface area (Å²) in [6.45, 7) is 0. The summed E-state index contributed by atoms with van der Waals surface area (Å²) in [5.74, 6) is 0.294. The number of aromatic hydroxyl groups is 1. The van der Waals surface area contributed by atoms with Crippen molar-refractivity contribution < 1.29 is 24.2 Å². The van der Waals surface area contributed by atoms with Crippen molar-refractivity contribution in [3.8, 4) is 17.2 Å². The van der Waals surface area contributed by atoms with Crippen LogP contribution in [0.4, 0.5) is 11.4 Å². The number of amides is 3. The summed E-state index contributed by atoms with van der Waals surface area (Å²) in [5, 5.41) is 12.4. The fraction of sp³-hybridized carbons (Fsp3) is 0.222. The van der Waals surface area contributed by atoms with Crippen LogP contribution in [0.2, 0.25) is 0 Å². The number of ether oxygens (including phenoxy) is 1. The van der Waals surface area contributed by atoms with Crippen LogP contribution >= 0.6 is 0 Å². The van der Waals surface area contributed by atoms with E-state index < -0.39 is 11.8 Å². The molecule has 3 aromatic rings. The van der Waals surface area contributed by atoms with Crippen molar-refractivity contribution in [1.82, 2.24) is 0 Å². The highest BCUT2D eigenvalue weighted by molar-refractivity contribution is 6.34. The number of nitrogens with zero attached hydrogens (tertiary/aromatic N) is 1. The second-order valence-corrected chi connectivity index (χ2v) is 8.62. The van der Waals surface area contributed by atoms with E-state index in [4.69, 9.17) is 4.74 Å². The first kappa shape index (κ1) is 21.7. The Balaban J connectivity index is 1.28. The van der Waals surface area contributed by atoms with Gasteiger partial charge in [-0.05, 0) is 79.6 Å². The molecule has 5 rings (SSSR count). The molecule has 0 radical (unpaired) electrons. The van der Waals surface area contributed by atoms with Gasteiger partial charge in [-0.15, -0.1) is 0 Å². The molecule has 7 nitrogen and oxygen atoms in total. The summed E-state index contributed by atoms with van der Waals surface area (Å²) in [5.41, 5.74) is 1.65. The van der Waals surface area contributed by atoms with Crippen LogP contribution in [0.25, 0.3) is 0 Å². The number of hydrogen-bond acceptors (Lipinski definition) is 5. The van der Waals surface area contributed by atoms with E-state index in [9.17, 15) is 19.5 Å². The van der Waals surface area contributed by atoms with Crippen LogP contribution in [-0.4, -0.2) is 22.8 Å². The largest absolute Gasteiger partial charge is 0.508 e. The number of phenols is 1. The number of phenolic OH excluding ortho intramolecular Hbond substituents is 1. The molecule has 0 aromatic heterocycles. The van der Waals surface area contributed by atoms with Crippen molar-refractivity contribution in [2.45, 2.75) is 32.1 Å². The number of carbonyl (C=O) groups is 3. The van der Waals surface area contributed by atoms with Crippen molar-refractivity contribution in [2.24, 2.45) is 5.92 Å². The minimum absolute atomic E-state index is 0.0515. The zero-order chi connectivity index (χ0) is 23.7. The molecule has 7 heteroatoms. The molecular weight excluding hydrogens is 432 g/mol. The Hall–Kier alpha value is -4.13. The van der Waals surface area contributed by atoms with Crippen molar-refractivity contribution >= 4 is 29.1 Å². The first-order valence-electron chi connectivity index (χ1n) is 11.4. The lowest BCUT2D eigenvalue weighted by Crippen LogP contribution is -2.29. The van der Waals surface area contributed by atoms with Gasteiger partial charge in [0.25, 0.3) is 11.8 Å². The Morgan fingerprint density at radius 1 is 0.824 bits per heavy atom. The van der Waals surface area contributed by atoms with E-state index in [1.165, 1.54) is 30.7 Å². The second kappa shape index (κ2) is 9.02. The lowest BCUT2D eigenvalue weighted by molar-refractivity contribution is -0.120. The fourth-order valence-electron chi connectivity index (χ4n) is 4.47. The number of benzene rings is 3. The predicted octanol–water partition coefficient (Wildman–Crippen LogP) is 5.50. The molecule has 3 amide bonds. The van der Waals surface area contributed by atoms with Crippen LogP contribution in [0.1, 0.15) is 52.8 Å². The molecule has 0 spiro atoms. The third-order valence-corrected chi connectivity index (χ3v) is 6.30. The lowest BCUT2D eigenvalue weighted by atomic mass is 9.88. The van der Waals surface area contributed by atoms with E-state index in [-0.39, 0.29) is 23.1 Å². The Morgan fingerprint density at radius 3 is 2.18 bits per heavy atom.